The Labute approximate surface area is 208 Å². The van der Waals surface area contributed by atoms with Crippen LogP contribution < -0.4 is 15.0 Å². The highest BCUT2D eigenvalue weighted by atomic mass is 19.4. The number of carbonyl (C=O) groups is 1. The Kier molecular flexibility index (Phi) is 6.34. The van der Waals surface area contributed by atoms with E-state index in [1.807, 2.05) is 13.1 Å². The zero-order valence-corrected chi connectivity index (χ0v) is 20.6. The van der Waals surface area contributed by atoms with Crippen LogP contribution in [-0.4, -0.2) is 41.5 Å². The molecule has 3 heterocycles. The molecule has 1 saturated heterocycles. The number of halogens is 3. The van der Waals surface area contributed by atoms with Crippen LogP contribution in [0.4, 0.5) is 18.9 Å². The first-order valence-electron chi connectivity index (χ1n) is 12.5. The summed E-state index contributed by atoms with van der Waals surface area (Å²) in [7, 11) is 1.99. The number of benzene rings is 1. The van der Waals surface area contributed by atoms with Crippen LogP contribution in [0, 0.1) is 11.3 Å². The van der Waals surface area contributed by atoms with Gasteiger partial charge < -0.3 is 19.5 Å². The van der Waals surface area contributed by atoms with E-state index in [1.54, 1.807) is 24.5 Å². The number of nitrogens with zero attached hydrogens (tertiary/aromatic N) is 3. The molecule has 1 aliphatic carbocycles. The fourth-order valence-electron chi connectivity index (χ4n) is 6.15. The smallest absolute Gasteiger partial charge is 0.406 e. The van der Waals surface area contributed by atoms with Crippen LogP contribution in [0.15, 0.2) is 42.7 Å². The van der Waals surface area contributed by atoms with E-state index < -0.39 is 6.36 Å². The average molecular weight is 501 g/mol. The van der Waals surface area contributed by atoms with Crippen molar-refractivity contribution >= 4 is 22.5 Å². The van der Waals surface area contributed by atoms with Crippen molar-refractivity contribution in [1.29, 1.82) is 0 Å². The molecule has 3 aromatic rings. The number of hydrogen-bond donors (Lipinski definition) is 1. The number of carbonyl (C=O) groups excluding carboxylic acids is 1. The number of fused-ring (bicyclic) bond motifs is 1. The average Bonchev–Trinajstić information content (AvgIpc) is 3.13. The van der Waals surface area contributed by atoms with Gasteiger partial charge in [0.1, 0.15) is 5.75 Å². The Morgan fingerprint density at radius 3 is 2.50 bits per heavy atom. The molecule has 6 nitrogen and oxygen atoms in total. The van der Waals surface area contributed by atoms with Crippen LogP contribution in [-0.2, 0) is 13.5 Å². The lowest BCUT2D eigenvalue weighted by Crippen LogP contribution is -2.49. The summed E-state index contributed by atoms with van der Waals surface area (Å²) in [5.74, 6) is 0.242. The molecule has 0 atom stereocenters. The zero-order valence-electron chi connectivity index (χ0n) is 20.6. The molecule has 1 aromatic carbocycles. The molecule has 1 aliphatic heterocycles. The first-order chi connectivity index (χ1) is 17.2. The highest BCUT2D eigenvalue weighted by molar-refractivity contribution is 6.08. The molecule has 2 aromatic heterocycles. The number of aromatic nitrogens is 2. The Morgan fingerprint density at radius 1 is 1.17 bits per heavy atom. The standard InChI is InChI=1S/C27H31F3N4O2/c1-3-22-24(21-17-31-11-8-23(21)33(22)2)25(35)32-16-18-14-26(15-18)9-12-34(13-10-26)19-4-6-20(7-5-19)36-27(28,29)30/h4-8,11,17-18H,3,9-10,12-16H2,1-2H3,(H,32,35). The molecule has 1 N–H and O–H groups in total. The van der Waals surface area contributed by atoms with E-state index in [0.29, 0.717) is 17.9 Å². The quantitative estimate of drug-likeness (QED) is 0.488. The van der Waals surface area contributed by atoms with Gasteiger partial charge in [-0.05, 0) is 73.8 Å². The van der Waals surface area contributed by atoms with E-state index in [2.05, 4.69) is 31.4 Å². The number of alkyl halides is 3. The number of amides is 1. The second-order valence-electron chi connectivity index (χ2n) is 10.1. The van der Waals surface area contributed by atoms with E-state index in [-0.39, 0.29) is 11.7 Å². The van der Waals surface area contributed by atoms with Gasteiger partial charge in [0.2, 0.25) is 0 Å². The fraction of sp³-hybridized carbons (Fsp3) is 0.481. The molecule has 1 saturated carbocycles. The second-order valence-corrected chi connectivity index (χ2v) is 10.1. The molecule has 1 amide bonds. The highest BCUT2D eigenvalue weighted by Gasteiger charge is 2.45. The lowest BCUT2D eigenvalue weighted by molar-refractivity contribution is -0.274. The second kappa shape index (κ2) is 9.33. The van der Waals surface area contributed by atoms with Crippen LogP contribution in [0.2, 0.25) is 0 Å². The maximum absolute atomic E-state index is 13.1. The van der Waals surface area contributed by atoms with E-state index in [1.165, 1.54) is 12.1 Å². The minimum atomic E-state index is -4.68. The van der Waals surface area contributed by atoms with Gasteiger partial charge in [0, 0.05) is 55.8 Å². The summed E-state index contributed by atoms with van der Waals surface area (Å²) in [5, 5.41) is 4.07. The van der Waals surface area contributed by atoms with E-state index >= 15 is 0 Å². The van der Waals surface area contributed by atoms with Crippen molar-refractivity contribution in [2.45, 2.75) is 45.4 Å². The third-order valence-electron chi connectivity index (χ3n) is 7.94. The molecular weight excluding hydrogens is 469 g/mol. The number of aryl methyl sites for hydroxylation is 1. The summed E-state index contributed by atoms with van der Waals surface area (Å²) < 4.78 is 43.2. The summed E-state index contributed by atoms with van der Waals surface area (Å²) in [6.07, 6.45) is 3.90. The molecular formula is C27H31F3N4O2. The fourth-order valence-corrected chi connectivity index (χ4v) is 6.15. The number of hydrogen-bond acceptors (Lipinski definition) is 4. The number of pyridine rings is 1. The van der Waals surface area contributed by atoms with Crippen molar-refractivity contribution in [1.82, 2.24) is 14.9 Å². The molecule has 1 spiro atoms. The molecule has 0 radical (unpaired) electrons. The molecule has 36 heavy (non-hydrogen) atoms. The molecule has 5 rings (SSSR count). The lowest BCUT2D eigenvalue weighted by Gasteiger charge is -2.52. The van der Waals surface area contributed by atoms with Crippen LogP contribution in [0.25, 0.3) is 10.9 Å². The highest BCUT2D eigenvalue weighted by Crippen LogP contribution is 2.52. The summed E-state index contributed by atoms with van der Waals surface area (Å²) in [4.78, 5) is 19.6. The third-order valence-corrected chi connectivity index (χ3v) is 7.94. The molecule has 2 fully saturated rings. The molecule has 0 bridgehead atoms. The van der Waals surface area contributed by atoms with Gasteiger partial charge in [-0.3, -0.25) is 9.78 Å². The number of rotatable bonds is 6. The van der Waals surface area contributed by atoms with Gasteiger partial charge in [0.05, 0.1) is 11.1 Å². The van der Waals surface area contributed by atoms with Gasteiger partial charge in [-0.15, -0.1) is 13.2 Å². The molecule has 0 unspecified atom stereocenters. The van der Waals surface area contributed by atoms with Gasteiger partial charge >= 0.3 is 6.36 Å². The third kappa shape index (κ3) is 4.75. The predicted molar refractivity (Wildman–Crippen MR) is 132 cm³/mol. The van der Waals surface area contributed by atoms with Crippen LogP contribution in [0.5, 0.6) is 5.75 Å². The van der Waals surface area contributed by atoms with Crippen molar-refractivity contribution in [3.05, 3.63) is 54.0 Å². The number of nitrogens with one attached hydrogen (secondary N) is 1. The van der Waals surface area contributed by atoms with Gasteiger partial charge in [0.25, 0.3) is 5.91 Å². The first kappa shape index (κ1) is 24.5. The largest absolute Gasteiger partial charge is 0.573 e. The van der Waals surface area contributed by atoms with Gasteiger partial charge in [-0.1, -0.05) is 6.92 Å². The predicted octanol–water partition coefficient (Wildman–Crippen LogP) is 5.46. The van der Waals surface area contributed by atoms with Crippen LogP contribution in [0.1, 0.15) is 48.7 Å². The van der Waals surface area contributed by atoms with Crippen LogP contribution >= 0.6 is 0 Å². The lowest BCUT2D eigenvalue weighted by atomic mass is 9.57. The van der Waals surface area contributed by atoms with E-state index in [9.17, 15) is 18.0 Å². The van der Waals surface area contributed by atoms with Crippen molar-refractivity contribution in [2.75, 3.05) is 24.5 Å². The van der Waals surface area contributed by atoms with Crippen molar-refractivity contribution in [3.63, 3.8) is 0 Å². The van der Waals surface area contributed by atoms with Crippen molar-refractivity contribution in [2.24, 2.45) is 18.4 Å². The van der Waals surface area contributed by atoms with Crippen molar-refractivity contribution < 1.29 is 22.7 Å². The minimum Gasteiger partial charge on any atom is -0.406 e. The van der Waals surface area contributed by atoms with Gasteiger partial charge in [0.15, 0.2) is 0 Å². The monoisotopic (exact) mass is 500 g/mol. The summed E-state index contributed by atoms with van der Waals surface area (Å²) in [5.41, 5.74) is 3.99. The Balaban J connectivity index is 1.12. The molecule has 192 valence electrons. The molecule has 9 heteroatoms. The summed E-state index contributed by atoms with van der Waals surface area (Å²) in [6.45, 7) is 4.48. The SMILES string of the molecule is CCc1c(C(=O)NCC2CC3(CCN(c4ccc(OC(F)(F)F)cc4)CC3)C2)c2cnccc2n1C. The normalized spacial score (nSPS) is 17.9. The van der Waals surface area contributed by atoms with Gasteiger partial charge in [-0.25, -0.2) is 0 Å². The van der Waals surface area contributed by atoms with Crippen LogP contribution in [0.3, 0.4) is 0 Å². The Morgan fingerprint density at radius 2 is 1.86 bits per heavy atom. The maximum Gasteiger partial charge on any atom is 0.573 e. The summed E-state index contributed by atoms with van der Waals surface area (Å²) >= 11 is 0. The number of anilines is 1. The van der Waals surface area contributed by atoms with Gasteiger partial charge in [-0.2, -0.15) is 0 Å². The maximum atomic E-state index is 13.1. The zero-order chi connectivity index (χ0) is 25.5. The Bertz CT molecular complexity index is 1240. The first-order valence-corrected chi connectivity index (χ1v) is 12.5. The number of ether oxygens (including phenoxy) is 1. The topological polar surface area (TPSA) is 59.4 Å². The van der Waals surface area contributed by atoms with E-state index in [0.717, 1.165) is 73.0 Å². The minimum absolute atomic E-state index is 0.0285. The van der Waals surface area contributed by atoms with Crippen molar-refractivity contribution in [3.8, 4) is 5.75 Å². The Hall–Kier alpha value is -3.23. The molecule has 2 aliphatic rings. The number of piperidine rings is 1. The summed E-state index contributed by atoms with van der Waals surface area (Å²) in [6, 6.07) is 8.05. The van der Waals surface area contributed by atoms with E-state index in [4.69, 9.17) is 0 Å².